The van der Waals surface area contributed by atoms with Crippen LogP contribution in [0.1, 0.15) is 25.6 Å². The zero-order chi connectivity index (χ0) is 22.7. The molecule has 0 aliphatic rings. The van der Waals surface area contributed by atoms with Crippen LogP contribution in [-0.2, 0) is 22.2 Å². The largest absolute Gasteiger partial charge is 0.495 e. The monoisotopic (exact) mass is 474 g/mol. The molecule has 4 rings (SSSR count). The van der Waals surface area contributed by atoms with Gasteiger partial charge in [0.25, 0.3) is 15.2 Å². The normalized spacial score (nSPS) is 11.9. The van der Waals surface area contributed by atoms with Crippen molar-refractivity contribution >= 4 is 38.6 Å². The Bertz CT molecular complexity index is 1330. The molecule has 11 heteroatoms. The number of ether oxygens (including phenoxy) is 1. The number of nitrogens with one attached hydrogen (secondary N) is 1. The number of benzene rings is 2. The summed E-state index contributed by atoms with van der Waals surface area (Å²) >= 11 is 1.30. The Hall–Kier alpha value is -3.05. The quantitative estimate of drug-likeness (QED) is 0.349. The van der Waals surface area contributed by atoms with Crippen molar-refractivity contribution in [2.24, 2.45) is 5.92 Å². The number of aromatic nitrogens is 3. The third-order valence-electron chi connectivity index (χ3n) is 4.42. The molecule has 32 heavy (non-hydrogen) atoms. The van der Waals surface area contributed by atoms with Crippen molar-refractivity contribution in [1.29, 1.82) is 0 Å². The molecular weight excluding hydrogens is 452 g/mol. The van der Waals surface area contributed by atoms with Gasteiger partial charge in [-0.25, -0.2) is 13.4 Å². The van der Waals surface area contributed by atoms with Gasteiger partial charge in [-0.05, 0) is 36.2 Å². The highest BCUT2D eigenvalue weighted by Crippen LogP contribution is 2.29. The van der Waals surface area contributed by atoms with Crippen molar-refractivity contribution in [3.63, 3.8) is 0 Å². The summed E-state index contributed by atoms with van der Waals surface area (Å²) in [6.07, 6.45) is 0.747. The second kappa shape index (κ2) is 9.21. The number of thioether (sulfide) groups is 1. The van der Waals surface area contributed by atoms with Crippen LogP contribution in [0.5, 0.6) is 5.75 Å². The standard InChI is InChI=1S/C21H22N4O5S2/c1-13(2)10-19-23-20(30-24-19)12-31-21-22-16-11-14(8-9-18(16)29-21)32(26,27)25-15-6-4-5-7-17(15)28-3/h4-9,11,13,25H,10,12H2,1-3H3. The van der Waals surface area contributed by atoms with Gasteiger partial charge in [0.15, 0.2) is 11.4 Å². The van der Waals surface area contributed by atoms with Gasteiger partial charge >= 0.3 is 0 Å². The molecule has 2 aromatic heterocycles. The molecule has 9 nitrogen and oxygen atoms in total. The number of oxazole rings is 1. The Labute approximate surface area is 189 Å². The van der Waals surface area contributed by atoms with Gasteiger partial charge in [0, 0.05) is 6.42 Å². The molecule has 0 saturated heterocycles. The molecular formula is C21H22N4O5S2. The molecule has 0 fully saturated rings. The number of sulfonamides is 1. The molecule has 1 N–H and O–H groups in total. The maximum Gasteiger partial charge on any atom is 0.262 e. The van der Waals surface area contributed by atoms with E-state index in [9.17, 15) is 8.42 Å². The first-order valence-electron chi connectivity index (χ1n) is 9.85. The van der Waals surface area contributed by atoms with E-state index >= 15 is 0 Å². The lowest BCUT2D eigenvalue weighted by Gasteiger charge is -2.11. The summed E-state index contributed by atoms with van der Waals surface area (Å²) in [7, 11) is -2.36. The summed E-state index contributed by atoms with van der Waals surface area (Å²) in [5.74, 6) is 2.42. The van der Waals surface area contributed by atoms with Gasteiger partial charge in [-0.3, -0.25) is 4.72 Å². The molecule has 0 saturated carbocycles. The van der Waals surface area contributed by atoms with E-state index in [1.165, 1.54) is 31.0 Å². The van der Waals surface area contributed by atoms with Crippen LogP contribution in [0.15, 0.2) is 61.5 Å². The van der Waals surface area contributed by atoms with E-state index in [0.717, 1.165) is 6.42 Å². The molecule has 2 heterocycles. The van der Waals surface area contributed by atoms with E-state index in [1.54, 1.807) is 30.3 Å². The number of anilines is 1. The Morgan fingerprint density at radius 3 is 2.75 bits per heavy atom. The smallest absolute Gasteiger partial charge is 0.262 e. The van der Waals surface area contributed by atoms with Gasteiger partial charge in [0.05, 0.1) is 23.4 Å². The fraction of sp³-hybridized carbons (Fsp3) is 0.286. The van der Waals surface area contributed by atoms with Crippen LogP contribution < -0.4 is 9.46 Å². The molecule has 0 atom stereocenters. The van der Waals surface area contributed by atoms with Crippen molar-refractivity contribution in [1.82, 2.24) is 15.1 Å². The molecule has 0 amide bonds. The fourth-order valence-electron chi connectivity index (χ4n) is 2.97. The van der Waals surface area contributed by atoms with Gasteiger partial charge in [-0.1, -0.05) is 42.9 Å². The Morgan fingerprint density at radius 1 is 1.16 bits per heavy atom. The minimum absolute atomic E-state index is 0.0657. The summed E-state index contributed by atoms with van der Waals surface area (Å²) in [5, 5.41) is 4.35. The highest BCUT2D eigenvalue weighted by atomic mass is 32.2. The lowest BCUT2D eigenvalue weighted by Crippen LogP contribution is -2.13. The lowest BCUT2D eigenvalue weighted by molar-refractivity contribution is 0.381. The van der Waals surface area contributed by atoms with Crippen molar-refractivity contribution < 1.29 is 22.1 Å². The molecule has 4 aromatic rings. The van der Waals surface area contributed by atoms with E-state index < -0.39 is 10.0 Å². The average molecular weight is 475 g/mol. The molecule has 0 aliphatic heterocycles. The number of hydrogen-bond donors (Lipinski definition) is 1. The van der Waals surface area contributed by atoms with Crippen molar-refractivity contribution in [2.45, 2.75) is 36.1 Å². The molecule has 0 unspecified atom stereocenters. The fourth-order valence-corrected chi connectivity index (χ4v) is 4.73. The van der Waals surface area contributed by atoms with Gasteiger partial charge in [0.1, 0.15) is 11.3 Å². The van der Waals surface area contributed by atoms with Crippen LogP contribution >= 0.6 is 11.8 Å². The third kappa shape index (κ3) is 5.05. The van der Waals surface area contributed by atoms with E-state index in [4.69, 9.17) is 13.7 Å². The minimum atomic E-state index is -3.84. The average Bonchev–Trinajstić information content (AvgIpc) is 3.37. The zero-order valence-corrected chi connectivity index (χ0v) is 19.4. The lowest BCUT2D eigenvalue weighted by atomic mass is 10.1. The Morgan fingerprint density at radius 2 is 1.97 bits per heavy atom. The molecule has 2 aromatic carbocycles. The predicted molar refractivity (Wildman–Crippen MR) is 120 cm³/mol. The van der Waals surface area contributed by atoms with Crippen molar-refractivity contribution in [3.05, 3.63) is 54.2 Å². The number of rotatable bonds is 9. The molecule has 0 bridgehead atoms. The third-order valence-corrected chi connectivity index (χ3v) is 6.60. The van der Waals surface area contributed by atoms with Crippen molar-refractivity contribution in [3.8, 4) is 5.75 Å². The topological polar surface area (TPSA) is 120 Å². The molecule has 168 valence electrons. The van der Waals surface area contributed by atoms with Crippen LogP contribution in [0.3, 0.4) is 0 Å². The summed E-state index contributed by atoms with van der Waals surface area (Å²) in [6.45, 7) is 4.17. The van der Waals surface area contributed by atoms with Crippen LogP contribution in [0.25, 0.3) is 11.1 Å². The van der Waals surface area contributed by atoms with Gasteiger partial charge in [-0.2, -0.15) is 4.98 Å². The maximum atomic E-state index is 12.9. The van der Waals surface area contributed by atoms with Gasteiger partial charge in [-0.15, -0.1) is 0 Å². The predicted octanol–water partition coefficient (Wildman–Crippen LogP) is 4.51. The minimum Gasteiger partial charge on any atom is -0.495 e. The van der Waals surface area contributed by atoms with Crippen LogP contribution in [0.4, 0.5) is 5.69 Å². The summed E-state index contributed by atoms with van der Waals surface area (Å²) in [4.78, 5) is 8.81. The number of methoxy groups -OCH3 is 1. The van der Waals surface area contributed by atoms with E-state index in [1.807, 2.05) is 0 Å². The summed E-state index contributed by atoms with van der Waals surface area (Å²) < 4.78 is 44.4. The van der Waals surface area contributed by atoms with Crippen LogP contribution in [-0.4, -0.2) is 30.7 Å². The van der Waals surface area contributed by atoms with Crippen LogP contribution in [0, 0.1) is 5.92 Å². The number of nitrogens with zero attached hydrogens (tertiary/aromatic N) is 3. The summed E-state index contributed by atoms with van der Waals surface area (Å²) in [6, 6.07) is 11.3. The SMILES string of the molecule is COc1ccccc1NS(=O)(=O)c1ccc2oc(SCc3nc(CC(C)C)no3)nc2c1. The van der Waals surface area contributed by atoms with Gasteiger partial charge < -0.3 is 13.7 Å². The zero-order valence-electron chi connectivity index (χ0n) is 17.7. The second-order valence-corrected chi connectivity index (χ2v) is 10.0. The molecule has 0 aliphatic carbocycles. The highest BCUT2D eigenvalue weighted by molar-refractivity contribution is 7.98. The summed E-state index contributed by atoms with van der Waals surface area (Å²) in [5.41, 5.74) is 1.26. The molecule has 0 spiro atoms. The number of fused-ring (bicyclic) bond motifs is 1. The highest BCUT2D eigenvalue weighted by Gasteiger charge is 2.19. The second-order valence-electron chi connectivity index (χ2n) is 7.41. The van der Waals surface area contributed by atoms with Crippen molar-refractivity contribution in [2.75, 3.05) is 11.8 Å². The number of hydrogen-bond acceptors (Lipinski definition) is 9. The van der Waals surface area contributed by atoms with E-state index in [0.29, 0.717) is 51.1 Å². The Kier molecular flexibility index (Phi) is 6.38. The van der Waals surface area contributed by atoms with E-state index in [-0.39, 0.29) is 4.90 Å². The number of para-hydroxylation sites is 2. The van der Waals surface area contributed by atoms with Crippen LogP contribution in [0.2, 0.25) is 0 Å². The van der Waals surface area contributed by atoms with Gasteiger partial charge in [0.2, 0.25) is 5.89 Å². The molecule has 0 radical (unpaired) electrons. The first-order chi connectivity index (χ1) is 15.3. The Balaban J connectivity index is 1.49. The van der Waals surface area contributed by atoms with E-state index in [2.05, 4.69) is 33.7 Å². The first-order valence-corrected chi connectivity index (χ1v) is 12.3. The first kappa shape index (κ1) is 22.2. The maximum absolute atomic E-state index is 12.9.